The van der Waals surface area contributed by atoms with Crippen LogP contribution in [0.2, 0.25) is 0 Å². The van der Waals surface area contributed by atoms with Gasteiger partial charge in [-0.05, 0) is 6.92 Å². The molecule has 1 rings (SSSR count). The van der Waals surface area contributed by atoms with E-state index in [0.29, 0.717) is 6.10 Å². The van der Waals surface area contributed by atoms with E-state index < -0.39 is 0 Å². The van der Waals surface area contributed by atoms with Gasteiger partial charge in [-0.3, -0.25) is 0 Å². The number of hydrogen-bond donors (Lipinski definition) is 0. The minimum atomic E-state index is 0.398. The van der Waals surface area contributed by atoms with Crippen molar-refractivity contribution in [3.63, 3.8) is 0 Å². The molecular weight excluding hydrogens is 116 g/mol. The molecule has 2 nitrogen and oxygen atoms in total. The van der Waals surface area contributed by atoms with Gasteiger partial charge < -0.3 is 9.47 Å². The zero-order valence-electron chi connectivity index (χ0n) is 5.67. The van der Waals surface area contributed by atoms with E-state index in [1.165, 1.54) is 0 Å². The molecule has 0 radical (unpaired) electrons. The van der Waals surface area contributed by atoms with Crippen LogP contribution in [0, 0.1) is 0 Å². The van der Waals surface area contributed by atoms with Crippen LogP contribution in [0.3, 0.4) is 0 Å². The zero-order chi connectivity index (χ0) is 6.53. The lowest BCUT2D eigenvalue weighted by Gasteiger charge is -1.93. The van der Waals surface area contributed by atoms with E-state index in [9.17, 15) is 0 Å². The third-order valence-electron chi connectivity index (χ3n) is 1.16. The second-order valence-corrected chi connectivity index (χ2v) is 2.06. The van der Waals surface area contributed by atoms with E-state index in [1.54, 1.807) is 0 Å². The molecule has 0 amide bonds. The standard InChI is InChI=1S/C7H12O2/c1-2-3-4-8-5-7-6-9-7/h2-3,7H,4-6H2,1H3/b3-2+. The minimum Gasteiger partial charge on any atom is -0.375 e. The van der Waals surface area contributed by atoms with Crippen molar-refractivity contribution in [2.45, 2.75) is 13.0 Å². The Morgan fingerprint density at radius 2 is 2.56 bits per heavy atom. The van der Waals surface area contributed by atoms with Crippen molar-refractivity contribution < 1.29 is 9.47 Å². The molecule has 0 aliphatic carbocycles. The predicted octanol–water partition coefficient (Wildman–Crippen LogP) is 0.978. The molecule has 0 aromatic rings. The lowest BCUT2D eigenvalue weighted by atomic mass is 10.5. The Balaban J connectivity index is 1.81. The molecule has 1 unspecified atom stereocenters. The summed E-state index contributed by atoms with van der Waals surface area (Å²) in [6.07, 6.45) is 4.37. The molecule has 52 valence electrons. The molecule has 1 saturated heterocycles. The minimum absolute atomic E-state index is 0.398. The van der Waals surface area contributed by atoms with Crippen LogP contribution >= 0.6 is 0 Å². The molecule has 0 aromatic heterocycles. The van der Waals surface area contributed by atoms with Gasteiger partial charge in [-0.1, -0.05) is 12.2 Å². The van der Waals surface area contributed by atoms with Crippen molar-refractivity contribution in [3.8, 4) is 0 Å². The summed E-state index contributed by atoms with van der Waals surface area (Å²) in [5.74, 6) is 0. The van der Waals surface area contributed by atoms with Crippen LogP contribution in [0.25, 0.3) is 0 Å². The number of hydrogen-bond acceptors (Lipinski definition) is 2. The fourth-order valence-electron chi connectivity index (χ4n) is 0.528. The smallest absolute Gasteiger partial charge is 0.104 e. The first-order valence-electron chi connectivity index (χ1n) is 3.24. The van der Waals surface area contributed by atoms with E-state index in [2.05, 4.69) is 0 Å². The predicted molar refractivity (Wildman–Crippen MR) is 35.4 cm³/mol. The van der Waals surface area contributed by atoms with Crippen LogP contribution in [0.1, 0.15) is 6.92 Å². The Labute approximate surface area is 55.5 Å². The number of ether oxygens (including phenoxy) is 2. The summed E-state index contributed by atoms with van der Waals surface area (Å²) in [5, 5.41) is 0. The fourth-order valence-corrected chi connectivity index (χ4v) is 0.528. The second kappa shape index (κ2) is 3.64. The Morgan fingerprint density at radius 1 is 1.78 bits per heavy atom. The van der Waals surface area contributed by atoms with E-state index in [1.807, 2.05) is 19.1 Å². The molecule has 0 saturated carbocycles. The molecule has 1 aliphatic rings. The van der Waals surface area contributed by atoms with Gasteiger partial charge >= 0.3 is 0 Å². The van der Waals surface area contributed by atoms with Gasteiger partial charge in [-0.25, -0.2) is 0 Å². The monoisotopic (exact) mass is 128 g/mol. The maximum Gasteiger partial charge on any atom is 0.104 e. The summed E-state index contributed by atoms with van der Waals surface area (Å²) in [6, 6.07) is 0. The molecular formula is C7H12O2. The third-order valence-corrected chi connectivity index (χ3v) is 1.16. The van der Waals surface area contributed by atoms with Crippen molar-refractivity contribution >= 4 is 0 Å². The van der Waals surface area contributed by atoms with E-state index >= 15 is 0 Å². The molecule has 0 bridgehead atoms. The molecule has 1 atom stereocenters. The topological polar surface area (TPSA) is 21.8 Å². The summed E-state index contributed by atoms with van der Waals surface area (Å²) < 4.78 is 10.1. The SMILES string of the molecule is C/C=C/COCC1CO1. The summed E-state index contributed by atoms with van der Waals surface area (Å²) >= 11 is 0. The van der Waals surface area contributed by atoms with Gasteiger partial charge in [0, 0.05) is 0 Å². The first-order chi connectivity index (χ1) is 4.43. The van der Waals surface area contributed by atoms with Crippen molar-refractivity contribution in [2.75, 3.05) is 19.8 Å². The van der Waals surface area contributed by atoms with Crippen LogP contribution in [-0.2, 0) is 9.47 Å². The first kappa shape index (κ1) is 6.78. The summed E-state index contributed by atoms with van der Waals surface area (Å²) in [5.41, 5.74) is 0. The summed E-state index contributed by atoms with van der Waals surface area (Å²) in [6.45, 7) is 4.34. The highest BCUT2D eigenvalue weighted by atomic mass is 16.6. The molecule has 2 heteroatoms. The molecule has 0 spiro atoms. The highest BCUT2D eigenvalue weighted by molar-refractivity contribution is 4.77. The average Bonchev–Trinajstić information content (AvgIpc) is 2.63. The Hall–Kier alpha value is -0.340. The zero-order valence-corrected chi connectivity index (χ0v) is 5.67. The second-order valence-electron chi connectivity index (χ2n) is 2.06. The van der Waals surface area contributed by atoms with Gasteiger partial charge in [-0.15, -0.1) is 0 Å². The number of rotatable bonds is 4. The number of epoxide rings is 1. The highest BCUT2D eigenvalue weighted by Gasteiger charge is 2.21. The quantitative estimate of drug-likeness (QED) is 0.320. The van der Waals surface area contributed by atoms with Crippen LogP contribution in [0.15, 0.2) is 12.2 Å². The normalized spacial score (nSPS) is 25.2. The maximum atomic E-state index is 5.19. The maximum absolute atomic E-state index is 5.19. The molecule has 1 aliphatic heterocycles. The average molecular weight is 128 g/mol. The third kappa shape index (κ3) is 3.27. The molecule has 0 aromatic carbocycles. The summed E-state index contributed by atoms with van der Waals surface area (Å²) in [4.78, 5) is 0. The molecule has 9 heavy (non-hydrogen) atoms. The highest BCUT2D eigenvalue weighted by Crippen LogP contribution is 2.07. The molecule has 0 N–H and O–H groups in total. The lowest BCUT2D eigenvalue weighted by Crippen LogP contribution is -2.00. The summed E-state index contributed by atoms with van der Waals surface area (Å²) in [7, 11) is 0. The van der Waals surface area contributed by atoms with E-state index in [4.69, 9.17) is 9.47 Å². The largest absolute Gasteiger partial charge is 0.375 e. The van der Waals surface area contributed by atoms with Crippen LogP contribution in [0.5, 0.6) is 0 Å². The van der Waals surface area contributed by atoms with Crippen molar-refractivity contribution in [1.29, 1.82) is 0 Å². The van der Waals surface area contributed by atoms with E-state index in [-0.39, 0.29) is 0 Å². The number of allylic oxidation sites excluding steroid dienone is 1. The van der Waals surface area contributed by atoms with Crippen molar-refractivity contribution in [1.82, 2.24) is 0 Å². The van der Waals surface area contributed by atoms with Crippen LogP contribution in [-0.4, -0.2) is 25.9 Å². The van der Waals surface area contributed by atoms with Gasteiger partial charge in [0.25, 0.3) is 0 Å². The molecule has 1 fully saturated rings. The van der Waals surface area contributed by atoms with Crippen LogP contribution in [0.4, 0.5) is 0 Å². The van der Waals surface area contributed by atoms with Crippen molar-refractivity contribution in [3.05, 3.63) is 12.2 Å². The van der Waals surface area contributed by atoms with Gasteiger partial charge in [0.1, 0.15) is 6.10 Å². The Bertz CT molecular complexity index is 95.1. The Kier molecular flexibility index (Phi) is 2.74. The first-order valence-corrected chi connectivity index (χ1v) is 3.24. The van der Waals surface area contributed by atoms with Crippen LogP contribution < -0.4 is 0 Å². The van der Waals surface area contributed by atoms with E-state index in [0.717, 1.165) is 19.8 Å². The lowest BCUT2D eigenvalue weighted by molar-refractivity contribution is 0.141. The van der Waals surface area contributed by atoms with Gasteiger partial charge in [-0.2, -0.15) is 0 Å². The van der Waals surface area contributed by atoms with Crippen molar-refractivity contribution in [2.24, 2.45) is 0 Å². The Morgan fingerprint density at radius 3 is 3.11 bits per heavy atom. The fraction of sp³-hybridized carbons (Fsp3) is 0.714. The van der Waals surface area contributed by atoms with Gasteiger partial charge in [0.15, 0.2) is 0 Å². The molecule has 1 heterocycles. The van der Waals surface area contributed by atoms with Gasteiger partial charge in [0.05, 0.1) is 19.8 Å². The van der Waals surface area contributed by atoms with Gasteiger partial charge in [0.2, 0.25) is 0 Å².